The minimum absolute atomic E-state index is 0.0478. The number of hydrogen-bond acceptors (Lipinski definition) is 2. The maximum absolute atomic E-state index is 9.80. The molecule has 0 aromatic rings. The quantitative estimate of drug-likeness (QED) is 0.261. The van der Waals surface area contributed by atoms with Gasteiger partial charge in [0.25, 0.3) is 0 Å². The molecule has 9 heavy (non-hydrogen) atoms. The molecule has 0 atom stereocenters. The Balaban J connectivity index is 3.17. The summed E-state index contributed by atoms with van der Waals surface area (Å²) in [6, 6.07) is 0. The lowest BCUT2D eigenvalue weighted by Gasteiger charge is -2.18. The van der Waals surface area contributed by atoms with Crippen LogP contribution < -0.4 is 0 Å². The Morgan fingerprint density at radius 2 is 2.11 bits per heavy atom. The van der Waals surface area contributed by atoms with Gasteiger partial charge < -0.3 is 4.79 Å². The molecule has 0 amide bonds. The molecule has 0 radical (unpaired) electrons. The third-order valence-corrected chi connectivity index (χ3v) is 1.03. The minimum atomic E-state index is -0.0478. The fraction of sp³-hybridized carbons (Fsp3) is 0.833. The highest BCUT2D eigenvalue weighted by Crippen LogP contribution is 1.93. The summed E-state index contributed by atoms with van der Waals surface area (Å²) in [7, 11) is 3.37. The molecule has 0 heterocycles. The molecule has 0 rings (SSSR count). The van der Waals surface area contributed by atoms with Crippen LogP contribution in [0.4, 0.5) is 0 Å². The molecule has 1 N–H and O–H groups in total. The van der Waals surface area contributed by atoms with E-state index in [-0.39, 0.29) is 4.65 Å². The van der Waals surface area contributed by atoms with Crippen molar-refractivity contribution in [2.75, 3.05) is 20.6 Å². The predicted octanol–water partition coefficient (Wildman–Crippen LogP) is 0.431. The normalized spacial score (nSPS) is 11.4. The lowest BCUT2D eigenvalue weighted by atomic mass is 10.3. The Labute approximate surface area is 55.4 Å². The molecule has 0 aliphatic carbocycles. The monoisotopic (exact) mass is 132 g/mol. The van der Waals surface area contributed by atoms with Gasteiger partial charge in [-0.15, -0.1) is 0 Å². The van der Waals surface area contributed by atoms with Gasteiger partial charge in [0.1, 0.15) is 12.8 Å². The second-order valence-electron chi connectivity index (χ2n) is 2.65. The fourth-order valence-corrected chi connectivity index (χ4v) is 0.562. The van der Waals surface area contributed by atoms with Crippen LogP contribution in [0.3, 0.4) is 0 Å². The molecule has 0 aliphatic heterocycles. The summed E-state index contributed by atoms with van der Waals surface area (Å²) >= 11 is 0. The maximum Gasteiger partial charge on any atom is 0.120 e. The summed E-state index contributed by atoms with van der Waals surface area (Å²) in [4.78, 5) is 9.80. The molecule has 0 saturated carbocycles. The average molecular weight is 132 g/mol. The number of quaternary nitrogens is 1. The number of hydrogen-bond donors (Lipinski definition) is 1. The summed E-state index contributed by atoms with van der Waals surface area (Å²) in [6.45, 7) is 0.638. The van der Waals surface area contributed by atoms with Gasteiger partial charge in [-0.2, -0.15) is 4.65 Å². The van der Waals surface area contributed by atoms with Gasteiger partial charge in [-0.05, 0) is 0 Å². The van der Waals surface area contributed by atoms with Gasteiger partial charge in [-0.1, -0.05) is 0 Å². The van der Waals surface area contributed by atoms with Crippen LogP contribution in [-0.4, -0.2) is 36.8 Å². The van der Waals surface area contributed by atoms with Crippen LogP contribution in [0.1, 0.15) is 12.8 Å². The first-order valence-corrected chi connectivity index (χ1v) is 3.05. The molecule has 0 aliphatic rings. The maximum atomic E-state index is 9.80. The van der Waals surface area contributed by atoms with E-state index >= 15 is 0 Å². The molecular formula is C6H14NO2+. The lowest BCUT2D eigenvalue weighted by molar-refractivity contribution is -1.07. The number of unbranched alkanes of at least 4 members (excludes halogenated alkanes) is 1. The zero-order chi connectivity index (χ0) is 7.33. The number of nitrogens with zero attached hydrogens (tertiary/aromatic N) is 1. The zero-order valence-corrected chi connectivity index (χ0v) is 6.00. The first-order chi connectivity index (χ1) is 4.06. The van der Waals surface area contributed by atoms with Crippen molar-refractivity contribution in [2.45, 2.75) is 12.8 Å². The molecule has 0 saturated heterocycles. The molecule has 0 spiro atoms. The molecule has 0 unspecified atom stereocenters. The van der Waals surface area contributed by atoms with E-state index in [0.717, 1.165) is 12.7 Å². The molecule has 0 bridgehead atoms. The van der Waals surface area contributed by atoms with Crippen LogP contribution in [-0.2, 0) is 4.79 Å². The van der Waals surface area contributed by atoms with Crippen molar-refractivity contribution in [1.29, 1.82) is 0 Å². The van der Waals surface area contributed by atoms with E-state index in [1.54, 1.807) is 14.1 Å². The highest BCUT2D eigenvalue weighted by molar-refractivity contribution is 5.48. The first kappa shape index (κ1) is 8.59. The number of aldehydes is 1. The lowest BCUT2D eigenvalue weighted by Crippen LogP contribution is -2.36. The van der Waals surface area contributed by atoms with E-state index in [1.165, 1.54) is 0 Å². The standard InChI is InChI=1S/C6H14NO2/c1-7(2,9)5-3-4-6-8/h6,9H,3-5H2,1-2H3/q+1. The second-order valence-corrected chi connectivity index (χ2v) is 2.65. The van der Waals surface area contributed by atoms with Crippen molar-refractivity contribution in [3.8, 4) is 0 Å². The van der Waals surface area contributed by atoms with E-state index < -0.39 is 0 Å². The topological polar surface area (TPSA) is 37.3 Å². The Morgan fingerprint density at radius 1 is 1.56 bits per heavy atom. The Hall–Kier alpha value is -0.410. The van der Waals surface area contributed by atoms with Gasteiger partial charge in [-0.25, -0.2) is 5.21 Å². The van der Waals surface area contributed by atoms with Crippen LogP contribution in [0.25, 0.3) is 0 Å². The minimum Gasteiger partial charge on any atom is -0.303 e. The van der Waals surface area contributed by atoms with Crippen molar-refractivity contribution >= 4 is 6.29 Å². The highest BCUT2D eigenvalue weighted by atomic mass is 16.5. The van der Waals surface area contributed by atoms with E-state index in [2.05, 4.69) is 0 Å². The van der Waals surface area contributed by atoms with Crippen molar-refractivity contribution in [1.82, 2.24) is 0 Å². The first-order valence-electron chi connectivity index (χ1n) is 3.05. The third-order valence-electron chi connectivity index (χ3n) is 1.03. The van der Waals surface area contributed by atoms with Gasteiger partial charge in [0.2, 0.25) is 0 Å². The van der Waals surface area contributed by atoms with Crippen LogP contribution >= 0.6 is 0 Å². The SMILES string of the molecule is C[N+](C)(O)CCCC=O. The van der Waals surface area contributed by atoms with Gasteiger partial charge in [0, 0.05) is 12.8 Å². The molecule has 0 fully saturated rings. The summed E-state index contributed by atoms with van der Waals surface area (Å²) in [5.74, 6) is 0. The molecule has 54 valence electrons. The predicted molar refractivity (Wildman–Crippen MR) is 34.1 cm³/mol. The molecule has 3 nitrogen and oxygen atoms in total. The van der Waals surface area contributed by atoms with Crippen molar-refractivity contribution in [3.63, 3.8) is 0 Å². The second kappa shape index (κ2) is 3.58. The third kappa shape index (κ3) is 7.59. The smallest absolute Gasteiger partial charge is 0.120 e. The van der Waals surface area contributed by atoms with Gasteiger partial charge in [0.05, 0.1) is 14.1 Å². The van der Waals surface area contributed by atoms with E-state index in [0.29, 0.717) is 13.0 Å². The number of carbonyl (C=O) groups excluding carboxylic acids is 1. The van der Waals surface area contributed by atoms with Gasteiger partial charge in [-0.3, -0.25) is 0 Å². The fourth-order valence-electron chi connectivity index (χ4n) is 0.562. The average Bonchev–Trinajstić information content (AvgIpc) is 1.63. The van der Waals surface area contributed by atoms with Crippen LogP contribution in [0, 0.1) is 0 Å². The Kier molecular flexibility index (Phi) is 3.42. The number of carbonyl (C=O) groups is 1. The van der Waals surface area contributed by atoms with E-state index in [1.807, 2.05) is 0 Å². The van der Waals surface area contributed by atoms with E-state index in [4.69, 9.17) is 5.21 Å². The largest absolute Gasteiger partial charge is 0.303 e. The van der Waals surface area contributed by atoms with Crippen molar-refractivity contribution in [2.24, 2.45) is 0 Å². The van der Waals surface area contributed by atoms with Crippen molar-refractivity contribution in [3.05, 3.63) is 0 Å². The van der Waals surface area contributed by atoms with Crippen LogP contribution in [0.5, 0.6) is 0 Å². The summed E-state index contributed by atoms with van der Waals surface area (Å²) in [6.07, 6.45) is 2.17. The summed E-state index contributed by atoms with van der Waals surface area (Å²) < 4.78 is -0.0478. The number of rotatable bonds is 4. The molecule has 0 aromatic carbocycles. The van der Waals surface area contributed by atoms with Crippen LogP contribution in [0.2, 0.25) is 0 Å². The summed E-state index contributed by atoms with van der Waals surface area (Å²) in [5.41, 5.74) is 0. The van der Waals surface area contributed by atoms with E-state index in [9.17, 15) is 4.79 Å². The van der Waals surface area contributed by atoms with Gasteiger partial charge >= 0.3 is 0 Å². The highest BCUT2D eigenvalue weighted by Gasteiger charge is 2.07. The zero-order valence-electron chi connectivity index (χ0n) is 6.00. The summed E-state index contributed by atoms with van der Waals surface area (Å²) in [5, 5.41) is 9.07. The molecule has 0 aromatic heterocycles. The Morgan fingerprint density at radius 3 is 2.44 bits per heavy atom. The Bertz CT molecular complexity index is 85.5. The molecular weight excluding hydrogens is 118 g/mol. The van der Waals surface area contributed by atoms with Crippen molar-refractivity contribution < 1.29 is 14.6 Å². The molecule has 3 heteroatoms. The number of hydroxylamine groups is 3. The van der Waals surface area contributed by atoms with Crippen LogP contribution in [0.15, 0.2) is 0 Å². The van der Waals surface area contributed by atoms with Gasteiger partial charge in [0.15, 0.2) is 0 Å².